The smallest absolute Gasteiger partial charge is 0.197 e. The van der Waals surface area contributed by atoms with Crippen LogP contribution in [0.25, 0.3) is 0 Å². The molecule has 0 saturated carbocycles. The Hall–Kier alpha value is 0.190. The maximum atomic E-state index is 10.9. The van der Waals surface area contributed by atoms with Crippen LogP contribution >= 0.6 is 7.37 Å². The normalized spacial score (nSPS) is 16.1. The molecule has 1 unspecified atom stereocenters. The van der Waals surface area contributed by atoms with E-state index < -0.39 is 7.37 Å². The maximum absolute atomic E-state index is 10.9. The molecular weight excluding hydrogens is 183 g/mol. The van der Waals surface area contributed by atoms with E-state index in [9.17, 15) is 4.57 Å². The first kappa shape index (κ1) is 13.2. The van der Waals surface area contributed by atoms with Gasteiger partial charge in [0.15, 0.2) is 7.37 Å². The molecule has 0 aliphatic carbocycles. The molecule has 0 rings (SSSR count). The van der Waals surface area contributed by atoms with Gasteiger partial charge < -0.3 is 4.89 Å². The van der Waals surface area contributed by atoms with E-state index in [4.69, 9.17) is 4.89 Å². The van der Waals surface area contributed by atoms with Gasteiger partial charge in [-0.1, -0.05) is 39.5 Å². The van der Waals surface area contributed by atoms with Gasteiger partial charge in [-0.3, -0.25) is 4.57 Å². The largest absolute Gasteiger partial charge is 0.344 e. The summed E-state index contributed by atoms with van der Waals surface area (Å²) in [7, 11) is -2.73. The van der Waals surface area contributed by atoms with Crippen LogP contribution in [0, 0.1) is 5.92 Å². The molecule has 13 heavy (non-hydrogen) atoms. The lowest BCUT2D eigenvalue weighted by Gasteiger charge is -2.05. The van der Waals surface area contributed by atoms with E-state index in [1.165, 1.54) is 25.9 Å². The van der Waals surface area contributed by atoms with Crippen LogP contribution in [0.2, 0.25) is 0 Å². The maximum Gasteiger partial charge on any atom is 0.197 e. The summed E-state index contributed by atoms with van der Waals surface area (Å²) < 4.78 is 10.9. The summed E-state index contributed by atoms with van der Waals surface area (Å²) in [5, 5.41) is 0. The zero-order valence-electron chi connectivity index (χ0n) is 9.12. The van der Waals surface area contributed by atoms with Gasteiger partial charge in [0, 0.05) is 12.8 Å². The standard InChI is InChI=1S/C10H23O2P/c1-10(2)8-6-4-5-7-9-13(3,11)12/h10H,4-9H2,1-3H3,(H,11,12). The molecule has 0 aromatic rings. The summed E-state index contributed by atoms with van der Waals surface area (Å²) in [6.07, 6.45) is 6.25. The minimum atomic E-state index is -2.73. The van der Waals surface area contributed by atoms with E-state index in [0.29, 0.717) is 6.16 Å². The van der Waals surface area contributed by atoms with Gasteiger partial charge in [0.25, 0.3) is 0 Å². The molecule has 0 heterocycles. The molecule has 0 fully saturated rings. The summed E-state index contributed by atoms with van der Waals surface area (Å²) in [5.41, 5.74) is 0. The third-order valence-corrected chi connectivity index (χ3v) is 3.25. The summed E-state index contributed by atoms with van der Waals surface area (Å²) in [4.78, 5) is 9.02. The molecule has 0 radical (unpaired) electrons. The Labute approximate surface area is 82.2 Å². The molecule has 1 atom stereocenters. The van der Waals surface area contributed by atoms with Crippen molar-refractivity contribution in [1.29, 1.82) is 0 Å². The molecule has 0 aliphatic heterocycles. The van der Waals surface area contributed by atoms with E-state index in [-0.39, 0.29) is 0 Å². The Kier molecular flexibility index (Phi) is 6.71. The third-order valence-electron chi connectivity index (χ3n) is 2.10. The Balaban J connectivity index is 3.14. The van der Waals surface area contributed by atoms with Crippen molar-refractivity contribution < 1.29 is 9.46 Å². The van der Waals surface area contributed by atoms with E-state index in [0.717, 1.165) is 18.8 Å². The Morgan fingerprint density at radius 2 is 1.69 bits per heavy atom. The molecule has 0 spiro atoms. The average Bonchev–Trinajstić information content (AvgIpc) is 1.93. The Morgan fingerprint density at radius 1 is 1.15 bits per heavy atom. The van der Waals surface area contributed by atoms with E-state index in [1.54, 1.807) is 0 Å². The van der Waals surface area contributed by atoms with Crippen LogP contribution in [-0.4, -0.2) is 17.7 Å². The van der Waals surface area contributed by atoms with Crippen LogP contribution < -0.4 is 0 Å². The van der Waals surface area contributed by atoms with Crippen molar-refractivity contribution in [2.45, 2.75) is 46.0 Å². The topological polar surface area (TPSA) is 37.3 Å². The fourth-order valence-corrected chi connectivity index (χ4v) is 2.12. The predicted molar refractivity (Wildman–Crippen MR) is 58.5 cm³/mol. The summed E-state index contributed by atoms with van der Waals surface area (Å²) >= 11 is 0. The van der Waals surface area contributed by atoms with Crippen molar-refractivity contribution in [3.05, 3.63) is 0 Å². The Bertz CT molecular complexity index is 160. The molecule has 2 nitrogen and oxygen atoms in total. The second kappa shape index (κ2) is 6.62. The van der Waals surface area contributed by atoms with Crippen LogP contribution in [0.4, 0.5) is 0 Å². The molecular formula is C10H23O2P. The van der Waals surface area contributed by atoms with Gasteiger partial charge in [0.1, 0.15) is 0 Å². The summed E-state index contributed by atoms with van der Waals surface area (Å²) in [6, 6.07) is 0. The van der Waals surface area contributed by atoms with Gasteiger partial charge in [-0.2, -0.15) is 0 Å². The molecule has 3 heteroatoms. The van der Waals surface area contributed by atoms with Gasteiger partial charge in [-0.15, -0.1) is 0 Å². The zero-order chi connectivity index (χ0) is 10.3. The van der Waals surface area contributed by atoms with Crippen molar-refractivity contribution in [2.24, 2.45) is 5.92 Å². The highest BCUT2D eigenvalue weighted by Crippen LogP contribution is 2.36. The van der Waals surface area contributed by atoms with Crippen LogP contribution in [0.1, 0.15) is 46.0 Å². The number of unbranched alkanes of at least 4 members (excludes halogenated alkanes) is 3. The Morgan fingerprint density at radius 3 is 2.15 bits per heavy atom. The first-order valence-electron chi connectivity index (χ1n) is 5.21. The monoisotopic (exact) mass is 206 g/mol. The van der Waals surface area contributed by atoms with Gasteiger partial charge in [-0.25, -0.2) is 0 Å². The first-order chi connectivity index (χ1) is 5.92. The molecule has 0 saturated heterocycles. The van der Waals surface area contributed by atoms with Crippen LogP contribution in [-0.2, 0) is 4.57 Å². The van der Waals surface area contributed by atoms with Crippen molar-refractivity contribution in [1.82, 2.24) is 0 Å². The second-order valence-corrected chi connectivity index (χ2v) is 6.92. The van der Waals surface area contributed by atoms with Crippen molar-refractivity contribution in [2.75, 3.05) is 12.8 Å². The first-order valence-corrected chi connectivity index (χ1v) is 7.50. The lowest BCUT2D eigenvalue weighted by Crippen LogP contribution is -1.90. The average molecular weight is 206 g/mol. The molecule has 0 aliphatic rings. The number of hydrogen-bond donors (Lipinski definition) is 1. The molecule has 0 aromatic carbocycles. The zero-order valence-corrected chi connectivity index (χ0v) is 10.0. The fraction of sp³-hybridized carbons (Fsp3) is 1.00. The minimum Gasteiger partial charge on any atom is -0.344 e. The van der Waals surface area contributed by atoms with Crippen LogP contribution in [0.5, 0.6) is 0 Å². The van der Waals surface area contributed by atoms with Crippen molar-refractivity contribution in [3.63, 3.8) is 0 Å². The van der Waals surface area contributed by atoms with Gasteiger partial charge in [0.05, 0.1) is 0 Å². The lowest BCUT2D eigenvalue weighted by molar-refractivity contribution is 0.478. The summed E-state index contributed by atoms with van der Waals surface area (Å²) in [6.45, 7) is 5.91. The SMILES string of the molecule is CC(C)CCCCCCP(C)(=O)O. The quantitative estimate of drug-likeness (QED) is 0.511. The summed E-state index contributed by atoms with van der Waals surface area (Å²) in [5.74, 6) is 0.787. The number of rotatable bonds is 7. The highest BCUT2D eigenvalue weighted by atomic mass is 31.2. The van der Waals surface area contributed by atoms with Crippen molar-refractivity contribution >= 4 is 7.37 Å². The molecule has 0 aromatic heterocycles. The fourth-order valence-electron chi connectivity index (χ4n) is 1.31. The van der Waals surface area contributed by atoms with Gasteiger partial charge >= 0.3 is 0 Å². The second-order valence-electron chi connectivity index (χ2n) is 4.37. The highest BCUT2D eigenvalue weighted by molar-refractivity contribution is 7.57. The number of hydrogen-bond acceptors (Lipinski definition) is 1. The highest BCUT2D eigenvalue weighted by Gasteiger charge is 2.07. The van der Waals surface area contributed by atoms with E-state index in [1.807, 2.05) is 0 Å². The van der Waals surface area contributed by atoms with Gasteiger partial charge in [0.2, 0.25) is 0 Å². The van der Waals surface area contributed by atoms with Gasteiger partial charge in [-0.05, 0) is 12.3 Å². The molecule has 0 bridgehead atoms. The molecule has 0 amide bonds. The minimum absolute atomic E-state index is 0.495. The lowest BCUT2D eigenvalue weighted by atomic mass is 10.0. The van der Waals surface area contributed by atoms with E-state index in [2.05, 4.69) is 13.8 Å². The predicted octanol–water partition coefficient (Wildman–Crippen LogP) is 3.49. The van der Waals surface area contributed by atoms with Crippen LogP contribution in [0.3, 0.4) is 0 Å². The van der Waals surface area contributed by atoms with E-state index >= 15 is 0 Å². The van der Waals surface area contributed by atoms with Crippen molar-refractivity contribution in [3.8, 4) is 0 Å². The molecule has 1 N–H and O–H groups in total. The third kappa shape index (κ3) is 12.2. The van der Waals surface area contributed by atoms with Crippen LogP contribution in [0.15, 0.2) is 0 Å². The molecule has 80 valence electrons.